The molecule has 0 heterocycles. The third-order valence-electron chi connectivity index (χ3n) is 4.94. The number of rotatable bonds is 13. The molecule has 0 aromatic heterocycles. The number of hydrazine groups is 1. The third kappa shape index (κ3) is 8.22. The van der Waals surface area contributed by atoms with E-state index in [1.807, 2.05) is 0 Å². The van der Waals surface area contributed by atoms with Gasteiger partial charge in [0, 0.05) is 12.2 Å². The normalized spacial score (nSPS) is 14.0. The molecule has 15 heteroatoms. The van der Waals surface area contributed by atoms with Gasteiger partial charge in [0.15, 0.2) is 22.8 Å². The van der Waals surface area contributed by atoms with E-state index in [9.17, 15) is 29.3 Å². The monoisotopic (exact) mass is 493 g/mol. The summed E-state index contributed by atoms with van der Waals surface area (Å²) in [4.78, 5) is 65.8. The molecule has 0 spiro atoms. The predicted octanol–water partition coefficient (Wildman–Crippen LogP) is -2.30. The maximum absolute atomic E-state index is 13.0. The topological polar surface area (TPSA) is 269 Å². The Kier molecular flexibility index (Phi) is 10.5. The van der Waals surface area contributed by atoms with Gasteiger partial charge < -0.3 is 34.0 Å². The molecule has 0 saturated heterocycles. The van der Waals surface area contributed by atoms with Gasteiger partial charge in [-0.05, 0) is 49.4 Å². The number of Topliss-reactive ketones (excluding diaryl/α,β-unsaturated/α-hetero) is 1. The SMILES string of the molecule is C[C@H](N)C(=O)N([C@@H](CCCN=C(N)N)C(=O)N[C@@H](C)C(=O)C(C(N)=O)c1ccc(N)cc1)[N+](=O)[O-]. The van der Waals surface area contributed by atoms with Crippen molar-refractivity contribution in [2.24, 2.45) is 27.9 Å². The Labute approximate surface area is 201 Å². The van der Waals surface area contributed by atoms with Crippen LogP contribution < -0.4 is 34.0 Å². The molecule has 0 aliphatic carbocycles. The van der Waals surface area contributed by atoms with Gasteiger partial charge >= 0.3 is 5.91 Å². The van der Waals surface area contributed by atoms with E-state index in [0.29, 0.717) is 5.69 Å². The highest BCUT2D eigenvalue weighted by atomic mass is 16.7. The van der Waals surface area contributed by atoms with Gasteiger partial charge in [0.2, 0.25) is 11.8 Å². The van der Waals surface area contributed by atoms with E-state index in [0.717, 1.165) is 0 Å². The Bertz CT molecular complexity index is 976. The highest BCUT2D eigenvalue weighted by molar-refractivity contribution is 6.09. The number of carbonyl (C=O) groups is 4. The quantitative estimate of drug-likeness (QED) is 0.0325. The number of nitro groups is 1. The van der Waals surface area contributed by atoms with Crippen molar-refractivity contribution in [3.8, 4) is 0 Å². The van der Waals surface area contributed by atoms with E-state index in [-0.39, 0.29) is 35.9 Å². The number of primary amides is 1. The maximum Gasteiger partial charge on any atom is 0.300 e. The molecule has 0 bridgehead atoms. The van der Waals surface area contributed by atoms with Crippen molar-refractivity contribution in [1.82, 2.24) is 10.3 Å². The van der Waals surface area contributed by atoms with Crippen molar-refractivity contribution < 1.29 is 24.2 Å². The molecular formula is C20H31N9O6. The Morgan fingerprint density at radius 2 is 1.69 bits per heavy atom. The molecule has 192 valence electrons. The van der Waals surface area contributed by atoms with Crippen LogP contribution in [-0.2, 0) is 19.2 Å². The fourth-order valence-corrected chi connectivity index (χ4v) is 3.20. The van der Waals surface area contributed by atoms with Crippen LogP contribution in [0.5, 0.6) is 0 Å². The molecule has 0 radical (unpaired) electrons. The molecule has 0 aliphatic rings. The molecule has 0 fully saturated rings. The van der Waals surface area contributed by atoms with Crippen LogP contribution in [0, 0.1) is 10.1 Å². The van der Waals surface area contributed by atoms with Crippen LogP contribution in [0.2, 0.25) is 0 Å². The van der Waals surface area contributed by atoms with E-state index >= 15 is 0 Å². The summed E-state index contributed by atoms with van der Waals surface area (Å²) < 4.78 is 0. The molecule has 0 aliphatic heterocycles. The lowest BCUT2D eigenvalue weighted by molar-refractivity contribution is -0.640. The molecule has 1 aromatic carbocycles. The minimum absolute atomic E-state index is 0.0272. The highest BCUT2D eigenvalue weighted by Crippen LogP contribution is 2.20. The lowest BCUT2D eigenvalue weighted by Gasteiger charge is -2.25. The third-order valence-corrected chi connectivity index (χ3v) is 4.94. The van der Waals surface area contributed by atoms with E-state index in [1.54, 1.807) is 0 Å². The number of hydrogen-bond acceptors (Lipinski definition) is 9. The molecular weight excluding hydrogens is 462 g/mol. The molecule has 0 saturated carbocycles. The lowest BCUT2D eigenvalue weighted by Crippen LogP contribution is -2.58. The standard InChI is InChI=1S/C20H31N9O6/c1-10(21)19(33)28(29(34)35)14(4-3-9-26-20(24)25)18(32)27-11(2)16(30)15(17(23)31)12-5-7-13(22)8-6-12/h5-8,10-11,14-15H,3-4,9,21-22H2,1-2H3,(H2,23,31)(H,27,32)(H4,24,25,26)/t10-,11-,14-,15?/m0/s1. The molecule has 1 aromatic rings. The van der Waals surface area contributed by atoms with Crippen molar-refractivity contribution in [3.05, 3.63) is 39.9 Å². The zero-order valence-electron chi connectivity index (χ0n) is 19.4. The van der Waals surface area contributed by atoms with Crippen LogP contribution in [0.15, 0.2) is 29.3 Å². The van der Waals surface area contributed by atoms with Crippen LogP contribution in [0.4, 0.5) is 5.69 Å². The van der Waals surface area contributed by atoms with Crippen molar-refractivity contribution in [2.75, 3.05) is 12.3 Å². The zero-order valence-corrected chi connectivity index (χ0v) is 19.4. The van der Waals surface area contributed by atoms with Crippen molar-refractivity contribution in [2.45, 2.75) is 50.7 Å². The minimum Gasteiger partial charge on any atom is -0.399 e. The van der Waals surface area contributed by atoms with Gasteiger partial charge in [-0.1, -0.05) is 12.1 Å². The first kappa shape index (κ1) is 28.8. The van der Waals surface area contributed by atoms with Crippen LogP contribution in [0.1, 0.15) is 38.2 Å². The Balaban J connectivity index is 3.18. The molecule has 15 nitrogen and oxygen atoms in total. The second-order valence-corrected chi connectivity index (χ2v) is 7.81. The molecule has 3 amide bonds. The van der Waals surface area contributed by atoms with Gasteiger partial charge in [-0.25, -0.2) is 10.1 Å². The van der Waals surface area contributed by atoms with E-state index in [4.69, 9.17) is 28.7 Å². The molecule has 4 atom stereocenters. The van der Waals surface area contributed by atoms with Crippen LogP contribution in [0.3, 0.4) is 0 Å². The van der Waals surface area contributed by atoms with Crippen LogP contribution >= 0.6 is 0 Å². The first-order valence-electron chi connectivity index (χ1n) is 10.5. The number of carbonyl (C=O) groups excluding carboxylic acids is 4. The summed E-state index contributed by atoms with van der Waals surface area (Å²) >= 11 is 0. The summed E-state index contributed by atoms with van der Waals surface area (Å²) in [6.07, 6.45) is -0.135. The van der Waals surface area contributed by atoms with Gasteiger partial charge in [-0.15, -0.1) is 0 Å². The van der Waals surface area contributed by atoms with Crippen molar-refractivity contribution >= 4 is 35.2 Å². The summed E-state index contributed by atoms with van der Waals surface area (Å²) in [5, 5.41) is 13.0. The van der Waals surface area contributed by atoms with Crippen LogP contribution in [0.25, 0.3) is 0 Å². The summed E-state index contributed by atoms with van der Waals surface area (Å²) in [6, 6.07) is 1.62. The lowest BCUT2D eigenvalue weighted by atomic mass is 9.90. The fourth-order valence-electron chi connectivity index (χ4n) is 3.20. The van der Waals surface area contributed by atoms with E-state index in [2.05, 4.69) is 10.3 Å². The summed E-state index contributed by atoms with van der Waals surface area (Å²) in [5.74, 6) is -5.49. The average molecular weight is 494 g/mol. The largest absolute Gasteiger partial charge is 0.399 e. The zero-order chi connectivity index (χ0) is 26.9. The second-order valence-electron chi connectivity index (χ2n) is 7.81. The molecule has 1 rings (SSSR count). The first-order chi connectivity index (χ1) is 16.3. The number of anilines is 1. The van der Waals surface area contributed by atoms with E-state index < -0.39 is 52.6 Å². The number of aliphatic imine (C=N–C) groups is 1. The predicted molar refractivity (Wildman–Crippen MR) is 127 cm³/mol. The number of nitrogens with zero attached hydrogens (tertiary/aromatic N) is 3. The number of nitrogen functional groups attached to an aromatic ring is 1. The first-order valence-corrected chi connectivity index (χ1v) is 10.5. The summed E-state index contributed by atoms with van der Waals surface area (Å²) in [6.45, 7) is 2.54. The van der Waals surface area contributed by atoms with Gasteiger partial charge in [-0.3, -0.25) is 24.2 Å². The minimum atomic E-state index is -1.64. The Morgan fingerprint density at radius 3 is 2.14 bits per heavy atom. The number of nitrogens with two attached hydrogens (primary N) is 5. The smallest absolute Gasteiger partial charge is 0.300 e. The Morgan fingerprint density at radius 1 is 1.11 bits per heavy atom. The van der Waals surface area contributed by atoms with Gasteiger partial charge in [0.1, 0.15) is 5.92 Å². The van der Waals surface area contributed by atoms with Gasteiger partial charge in [-0.2, -0.15) is 0 Å². The van der Waals surface area contributed by atoms with Crippen LogP contribution in [-0.4, -0.2) is 64.2 Å². The van der Waals surface area contributed by atoms with Gasteiger partial charge in [0.25, 0.3) is 0 Å². The van der Waals surface area contributed by atoms with Crippen molar-refractivity contribution in [1.29, 1.82) is 0 Å². The fraction of sp³-hybridized carbons (Fsp3) is 0.450. The number of nitrogens with one attached hydrogen (secondary N) is 1. The second kappa shape index (κ2) is 12.8. The van der Waals surface area contributed by atoms with Crippen molar-refractivity contribution in [3.63, 3.8) is 0 Å². The number of hydrogen-bond donors (Lipinski definition) is 6. The summed E-state index contributed by atoms with van der Waals surface area (Å²) in [5.41, 5.74) is 27.7. The number of benzene rings is 1. The Hall–Kier alpha value is -4.27. The molecule has 35 heavy (non-hydrogen) atoms. The molecule has 11 N–H and O–H groups in total. The number of guanidine groups is 1. The number of amides is 3. The highest BCUT2D eigenvalue weighted by Gasteiger charge is 2.41. The summed E-state index contributed by atoms with van der Waals surface area (Å²) in [7, 11) is 0. The average Bonchev–Trinajstić information content (AvgIpc) is 2.75. The maximum atomic E-state index is 13.0. The van der Waals surface area contributed by atoms with E-state index in [1.165, 1.54) is 38.1 Å². The molecule has 1 unspecified atom stereocenters. The van der Waals surface area contributed by atoms with Gasteiger partial charge in [0.05, 0.1) is 12.1 Å². The number of ketones is 1.